The number of hydrogen-bond acceptors (Lipinski definition) is 11. The Bertz CT molecular complexity index is 1230. The number of aliphatic imine (C=N–C) groups is 1. The number of nitrogens with zero attached hydrogens (tertiary/aromatic N) is 2. The molecule has 0 saturated carbocycles. The van der Waals surface area contributed by atoms with E-state index in [0.29, 0.717) is 25.1 Å². The number of aliphatic hydroxyl groups excluding tert-OH is 1. The molecule has 12 nitrogen and oxygen atoms in total. The van der Waals surface area contributed by atoms with Crippen LogP contribution >= 0.6 is 0 Å². The van der Waals surface area contributed by atoms with Crippen LogP contribution in [0.4, 0.5) is 0 Å². The van der Waals surface area contributed by atoms with Gasteiger partial charge in [-0.15, -0.1) is 12.3 Å². The van der Waals surface area contributed by atoms with E-state index in [2.05, 4.69) is 15.8 Å². The van der Waals surface area contributed by atoms with Crippen LogP contribution in [0.15, 0.2) is 4.99 Å². The predicted octanol–water partition coefficient (Wildman–Crippen LogP) is 3.33. The highest BCUT2D eigenvalue weighted by Crippen LogP contribution is 2.40. The lowest BCUT2D eigenvalue weighted by molar-refractivity contribution is -0.273. The monoisotopic (exact) mass is 692 g/mol. The Morgan fingerprint density at radius 1 is 1.12 bits per heavy atom. The molecule has 0 aliphatic carbocycles. The summed E-state index contributed by atoms with van der Waals surface area (Å²) < 4.78 is 31.8. The lowest BCUT2D eigenvalue weighted by Crippen LogP contribution is -2.58. The van der Waals surface area contributed by atoms with Gasteiger partial charge >= 0.3 is 5.97 Å². The molecule has 3 heterocycles. The third-order valence-corrected chi connectivity index (χ3v) is 10.8. The summed E-state index contributed by atoms with van der Waals surface area (Å²) in [6.07, 6.45) is 2.69. The topological polar surface area (TPSA) is 153 Å². The number of carbonyl (C=O) groups excluding carboxylic acids is 3. The van der Waals surface area contributed by atoms with Crippen LogP contribution in [0.3, 0.4) is 0 Å². The zero-order chi connectivity index (χ0) is 36.8. The summed E-state index contributed by atoms with van der Waals surface area (Å²) in [5, 5.41) is 23.9. The molecule has 0 radical (unpaired) electrons. The van der Waals surface area contributed by atoms with Crippen molar-refractivity contribution in [3.8, 4) is 12.3 Å². The molecule has 3 aliphatic rings. The van der Waals surface area contributed by atoms with Crippen LogP contribution in [0.5, 0.6) is 0 Å². The van der Waals surface area contributed by atoms with Gasteiger partial charge in [0.25, 0.3) is 0 Å². The van der Waals surface area contributed by atoms with Crippen molar-refractivity contribution in [3.05, 3.63) is 0 Å². The number of fused-ring (bicyclic) bond motifs is 5. The summed E-state index contributed by atoms with van der Waals surface area (Å²) in [7, 11) is 2.02. The Morgan fingerprint density at radius 2 is 1.80 bits per heavy atom. The first-order chi connectivity index (χ1) is 22.9. The molecule has 3 fully saturated rings. The van der Waals surface area contributed by atoms with Crippen molar-refractivity contribution in [3.63, 3.8) is 0 Å². The summed E-state index contributed by atoms with van der Waals surface area (Å²) in [5.74, 6) is -1.69. The summed E-state index contributed by atoms with van der Waals surface area (Å²) in [4.78, 5) is 46.2. The average Bonchev–Trinajstić information content (AvgIpc) is 3.05. The van der Waals surface area contributed by atoms with Crippen LogP contribution in [-0.2, 0) is 38.1 Å². The smallest absolute Gasteiger partial charge is 0.311 e. The van der Waals surface area contributed by atoms with Crippen molar-refractivity contribution >= 4 is 23.4 Å². The number of Topliss-reactive ketones (excluding diaryl/α,β-unsaturated/α-hetero) is 1. The minimum absolute atomic E-state index is 0.111. The molecule has 1 amide bonds. The lowest BCUT2D eigenvalue weighted by Gasteiger charge is -2.47. The third-order valence-electron chi connectivity index (χ3n) is 10.8. The molecule has 278 valence electrons. The molecule has 6 unspecified atom stereocenters. The lowest BCUT2D eigenvalue weighted by atomic mass is 9.73. The molecule has 3 rings (SSSR count). The van der Waals surface area contributed by atoms with E-state index >= 15 is 0 Å². The maximum absolute atomic E-state index is 13.7. The van der Waals surface area contributed by atoms with Crippen LogP contribution in [-0.4, -0.2) is 119 Å². The Morgan fingerprint density at radius 3 is 2.41 bits per heavy atom. The fourth-order valence-electron chi connectivity index (χ4n) is 8.01. The number of terminal acetylenes is 1. The first kappa shape index (κ1) is 41.2. The Balaban J connectivity index is 2.21. The second-order valence-electron chi connectivity index (χ2n) is 15.0. The Labute approximate surface area is 292 Å². The van der Waals surface area contributed by atoms with Crippen LogP contribution in [0.1, 0.15) is 94.4 Å². The van der Waals surface area contributed by atoms with Crippen LogP contribution in [0.2, 0.25) is 0 Å². The van der Waals surface area contributed by atoms with Gasteiger partial charge in [-0.25, -0.2) is 4.99 Å². The highest BCUT2D eigenvalue weighted by atomic mass is 16.7. The third kappa shape index (κ3) is 9.97. The van der Waals surface area contributed by atoms with Gasteiger partial charge in [-0.3, -0.25) is 14.4 Å². The second-order valence-corrected chi connectivity index (χ2v) is 15.0. The molecule has 12 heteroatoms. The molecule has 0 aromatic heterocycles. The zero-order valence-corrected chi connectivity index (χ0v) is 31.1. The highest BCUT2D eigenvalue weighted by Gasteiger charge is 2.52. The average molecular weight is 693 g/mol. The normalized spacial score (nSPS) is 42.4. The fourth-order valence-corrected chi connectivity index (χ4v) is 8.01. The maximum atomic E-state index is 13.7. The van der Waals surface area contributed by atoms with E-state index in [4.69, 9.17) is 30.1 Å². The van der Waals surface area contributed by atoms with Gasteiger partial charge in [0, 0.05) is 49.9 Å². The van der Waals surface area contributed by atoms with Crippen LogP contribution in [0.25, 0.3) is 0 Å². The van der Waals surface area contributed by atoms with Crippen molar-refractivity contribution in [2.45, 2.75) is 148 Å². The minimum atomic E-state index is -1.80. The van der Waals surface area contributed by atoms with Crippen molar-refractivity contribution in [2.75, 3.05) is 26.8 Å². The minimum Gasteiger partial charge on any atom is -0.459 e. The van der Waals surface area contributed by atoms with Crippen molar-refractivity contribution < 1.29 is 48.3 Å². The number of esters is 1. The largest absolute Gasteiger partial charge is 0.459 e. The van der Waals surface area contributed by atoms with Crippen molar-refractivity contribution in [2.24, 2.45) is 28.7 Å². The number of ketones is 1. The summed E-state index contributed by atoms with van der Waals surface area (Å²) in [6.45, 7) is 15.4. The Hall–Kier alpha value is -2.24. The molecule has 49 heavy (non-hydrogen) atoms. The van der Waals surface area contributed by atoms with Gasteiger partial charge in [-0.1, -0.05) is 27.7 Å². The Kier molecular flexibility index (Phi) is 14.6. The fraction of sp³-hybridized carbons (Fsp3) is 0.838. The van der Waals surface area contributed by atoms with Gasteiger partial charge in [0.1, 0.15) is 24.9 Å². The van der Waals surface area contributed by atoms with Gasteiger partial charge in [0.2, 0.25) is 5.91 Å². The van der Waals surface area contributed by atoms with E-state index in [1.807, 2.05) is 27.8 Å². The van der Waals surface area contributed by atoms with Gasteiger partial charge in [0.15, 0.2) is 12.1 Å². The van der Waals surface area contributed by atoms with Crippen LogP contribution < -0.4 is 0 Å². The summed E-state index contributed by atoms with van der Waals surface area (Å²) in [5.41, 5.74) is -2.62. The van der Waals surface area contributed by atoms with E-state index in [-0.39, 0.29) is 37.4 Å². The van der Waals surface area contributed by atoms with Gasteiger partial charge in [0.05, 0.1) is 35.9 Å². The maximum Gasteiger partial charge on any atom is 0.311 e. The molecule has 0 spiro atoms. The number of ether oxygens (including phenoxy) is 5. The number of rotatable bonds is 6. The molecular weight excluding hydrogens is 632 g/mol. The van der Waals surface area contributed by atoms with E-state index in [1.165, 1.54) is 13.8 Å². The number of carbonyl (C=O) groups is 3. The van der Waals surface area contributed by atoms with E-state index in [1.54, 1.807) is 27.7 Å². The summed E-state index contributed by atoms with van der Waals surface area (Å²) in [6, 6.07) is 0.111. The zero-order valence-electron chi connectivity index (χ0n) is 31.1. The molecule has 13 atom stereocenters. The van der Waals surface area contributed by atoms with E-state index < -0.39 is 84.1 Å². The first-order valence-corrected chi connectivity index (χ1v) is 17.8. The molecule has 2 bridgehead atoms. The SMILES string of the molecule is C#CCCN(C)C1CC(C)OC(O[C@@H]2[C@@H](C)[C@H](O)C(C)C(=O)O[C@H](CC)[C@@](C)(O)C3OCC(=O)CO[C@]2(C)C[C@@H](C)C(=NC(C)=O)C3C)C1. The van der Waals surface area contributed by atoms with Crippen molar-refractivity contribution in [1.82, 2.24) is 4.90 Å². The molecule has 2 N–H and O–H groups in total. The van der Waals surface area contributed by atoms with Gasteiger partial charge in [-0.05, 0) is 59.9 Å². The van der Waals surface area contributed by atoms with Crippen LogP contribution in [0, 0.1) is 36.0 Å². The molecule has 3 saturated heterocycles. The molecular formula is C37H60N2O10. The molecule has 0 aromatic rings. The van der Waals surface area contributed by atoms with E-state index in [0.717, 1.165) is 6.42 Å². The van der Waals surface area contributed by atoms with Gasteiger partial charge in [-0.2, -0.15) is 0 Å². The van der Waals surface area contributed by atoms with E-state index in [9.17, 15) is 24.6 Å². The number of hydrogen-bond donors (Lipinski definition) is 2. The predicted molar refractivity (Wildman–Crippen MR) is 184 cm³/mol. The number of amides is 1. The molecule has 0 aromatic carbocycles. The second kappa shape index (κ2) is 17.3. The van der Waals surface area contributed by atoms with Gasteiger partial charge < -0.3 is 38.8 Å². The van der Waals surface area contributed by atoms with Crippen molar-refractivity contribution in [1.29, 1.82) is 0 Å². The standard InChI is InChI=1S/C37H60N2O10/c1-12-14-15-39(11)27-16-22(4)47-30(17-27)49-33-24(6)32(42)25(7)35(43)48-29(13-2)37(10,44)34-23(5)31(38-26(8)40)21(3)18-36(33,9)46-20-28(41)19-45-34/h1,21-25,27,29-30,32-34,42,44H,13-20H2,2-11H3/t21-,22?,23?,24+,25?,27?,29-,30?,32+,33-,34?,36-,37-/m1/s1. The molecule has 3 aliphatic heterocycles. The first-order valence-electron chi connectivity index (χ1n) is 17.8. The quantitative estimate of drug-likeness (QED) is 0.311. The highest BCUT2D eigenvalue weighted by molar-refractivity contribution is 5.98. The number of aliphatic hydroxyl groups is 2. The number of cyclic esters (lactones) is 1. The summed E-state index contributed by atoms with van der Waals surface area (Å²) >= 11 is 0.